The minimum absolute atomic E-state index is 0.0463. The fourth-order valence-corrected chi connectivity index (χ4v) is 2.42. The topological polar surface area (TPSA) is 149 Å². The van der Waals surface area contributed by atoms with Crippen LogP contribution < -0.4 is 0 Å². The predicted molar refractivity (Wildman–Crippen MR) is 93.4 cm³/mol. The Kier molecular flexibility index (Phi) is 7.29. The van der Waals surface area contributed by atoms with Gasteiger partial charge in [-0.2, -0.15) is 0 Å². The van der Waals surface area contributed by atoms with Gasteiger partial charge in [0.1, 0.15) is 0 Å². The molecule has 0 unspecified atom stereocenters. The van der Waals surface area contributed by atoms with E-state index >= 15 is 0 Å². The van der Waals surface area contributed by atoms with E-state index in [0.717, 1.165) is 12.1 Å². The number of aromatic carboxylic acids is 4. The van der Waals surface area contributed by atoms with Crippen molar-refractivity contribution in [2.75, 3.05) is 0 Å². The zero-order valence-electron chi connectivity index (χ0n) is 12.6. The quantitative estimate of drug-likeness (QED) is 0.558. The van der Waals surface area contributed by atoms with Crippen LogP contribution in [0.2, 0.25) is 5.02 Å². The first kappa shape index (κ1) is 21.1. The Morgan fingerprint density at radius 3 is 1.62 bits per heavy atom. The fourth-order valence-electron chi connectivity index (χ4n) is 1.70. The van der Waals surface area contributed by atoms with Gasteiger partial charge in [0.15, 0.2) is 0 Å². The van der Waals surface area contributed by atoms with Crippen molar-refractivity contribution in [3.05, 3.63) is 68.1 Å². The summed E-state index contributed by atoms with van der Waals surface area (Å²) in [6.45, 7) is 0. The van der Waals surface area contributed by atoms with Crippen molar-refractivity contribution < 1.29 is 39.6 Å². The van der Waals surface area contributed by atoms with Gasteiger partial charge >= 0.3 is 23.9 Å². The third-order valence-corrected chi connectivity index (χ3v) is 3.78. The average molecular weight is 446 g/mol. The molecule has 0 spiro atoms. The van der Waals surface area contributed by atoms with Crippen LogP contribution in [-0.4, -0.2) is 44.3 Å². The lowest BCUT2D eigenvalue weighted by Gasteiger charge is -2.00. The normalized spacial score (nSPS) is 9.62. The van der Waals surface area contributed by atoms with Crippen molar-refractivity contribution in [2.24, 2.45) is 0 Å². The molecule has 2 aromatic rings. The molecular formula is C16H10BrClO8. The Labute approximate surface area is 159 Å². The molecule has 0 aliphatic rings. The van der Waals surface area contributed by atoms with E-state index in [1.54, 1.807) is 0 Å². The number of carboxylic acid groups (broad SMARTS) is 4. The number of hydrogen-bond donors (Lipinski definition) is 4. The van der Waals surface area contributed by atoms with E-state index in [2.05, 4.69) is 15.9 Å². The maximum absolute atomic E-state index is 10.6. The zero-order chi connectivity index (χ0) is 20.0. The molecule has 0 aliphatic heterocycles. The molecule has 0 radical (unpaired) electrons. The Hall–Kier alpha value is -2.91. The monoisotopic (exact) mass is 444 g/mol. The highest BCUT2D eigenvalue weighted by Gasteiger charge is 2.15. The van der Waals surface area contributed by atoms with E-state index in [4.69, 9.17) is 32.0 Å². The smallest absolute Gasteiger partial charge is 0.336 e. The van der Waals surface area contributed by atoms with Gasteiger partial charge in [-0.1, -0.05) is 11.6 Å². The third kappa shape index (κ3) is 5.57. The molecule has 0 bridgehead atoms. The van der Waals surface area contributed by atoms with Gasteiger partial charge in [-0.3, -0.25) is 0 Å². The van der Waals surface area contributed by atoms with Crippen LogP contribution in [0.5, 0.6) is 0 Å². The van der Waals surface area contributed by atoms with Gasteiger partial charge in [-0.15, -0.1) is 0 Å². The molecule has 0 atom stereocenters. The van der Waals surface area contributed by atoms with Crippen molar-refractivity contribution in [1.29, 1.82) is 0 Å². The molecule has 10 heteroatoms. The number of benzene rings is 2. The van der Waals surface area contributed by atoms with Crippen molar-refractivity contribution in [2.45, 2.75) is 0 Å². The Morgan fingerprint density at radius 2 is 1.19 bits per heavy atom. The molecule has 4 N–H and O–H groups in total. The second-order valence-electron chi connectivity index (χ2n) is 4.61. The van der Waals surface area contributed by atoms with Crippen LogP contribution in [0.1, 0.15) is 41.4 Å². The number of carboxylic acids is 4. The summed E-state index contributed by atoms with van der Waals surface area (Å²) in [4.78, 5) is 42.1. The zero-order valence-corrected chi connectivity index (χ0v) is 15.0. The molecule has 2 rings (SSSR count). The third-order valence-electron chi connectivity index (χ3n) is 2.89. The average Bonchev–Trinajstić information content (AvgIpc) is 2.54. The maximum Gasteiger partial charge on any atom is 0.336 e. The van der Waals surface area contributed by atoms with Gasteiger partial charge in [-0.25, -0.2) is 19.2 Å². The summed E-state index contributed by atoms with van der Waals surface area (Å²) in [5.74, 6) is -4.77. The Balaban J connectivity index is 0.000000260. The molecular weight excluding hydrogens is 436 g/mol. The summed E-state index contributed by atoms with van der Waals surface area (Å²) < 4.78 is 0.264. The number of rotatable bonds is 4. The van der Waals surface area contributed by atoms with E-state index in [1.807, 2.05) is 0 Å². The summed E-state index contributed by atoms with van der Waals surface area (Å²) in [7, 11) is 0. The van der Waals surface area contributed by atoms with Crippen LogP contribution in [0.15, 0.2) is 40.9 Å². The molecule has 0 saturated heterocycles. The highest BCUT2D eigenvalue weighted by atomic mass is 79.9. The van der Waals surface area contributed by atoms with Gasteiger partial charge < -0.3 is 20.4 Å². The maximum atomic E-state index is 10.6. The minimum Gasteiger partial charge on any atom is -0.478 e. The molecule has 8 nitrogen and oxygen atoms in total. The highest BCUT2D eigenvalue weighted by molar-refractivity contribution is 9.10. The van der Waals surface area contributed by atoms with Crippen LogP contribution >= 0.6 is 27.5 Å². The first-order valence-corrected chi connectivity index (χ1v) is 7.74. The Bertz CT molecular complexity index is 894. The number of halogens is 2. The molecule has 0 heterocycles. The largest absolute Gasteiger partial charge is 0.478 e. The number of hydrogen-bond acceptors (Lipinski definition) is 4. The molecule has 0 saturated carbocycles. The summed E-state index contributed by atoms with van der Waals surface area (Å²) in [5.41, 5.74) is -0.473. The van der Waals surface area contributed by atoms with Gasteiger partial charge in [0, 0.05) is 9.50 Å². The lowest BCUT2D eigenvalue weighted by molar-refractivity contribution is 0.0651. The second kappa shape index (κ2) is 8.97. The fraction of sp³-hybridized carbons (Fsp3) is 0. The first-order chi connectivity index (χ1) is 12.0. The summed E-state index contributed by atoms with van der Waals surface area (Å²) in [5, 5.41) is 34.6. The molecule has 0 aromatic heterocycles. The van der Waals surface area contributed by atoms with E-state index < -0.39 is 23.9 Å². The molecule has 2 aromatic carbocycles. The minimum atomic E-state index is -1.31. The molecule has 136 valence electrons. The van der Waals surface area contributed by atoms with Gasteiger partial charge in [0.2, 0.25) is 0 Å². The molecule has 26 heavy (non-hydrogen) atoms. The molecule has 0 aliphatic carbocycles. The standard InChI is InChI=1S/C8H5BrO4.C8H5ClO4/c9-6-3-4(7(10)11)1-2-5(6)8(12)13;9-4-1-2-5(7(10)11)6(3-4)8(12)13/h2*1-3H,(H,10,11)(H,12,13). The van der Waals surface area contributed by atoms with Crippen LogP contribution in [0.25, 0.3) is 0 Å². The molecule has 0 amide bonds. The van der Waals surface area contributed by atoms with E-state index in [0.29, 0.717) is 0 Å². The van der Waals surface area contributed by atoms with Crippen molar-refractivity contribution in [3.63, 3.8) is 0 Å². The van der Waals surface area contributed by atoms with Crippen LogP contribution in [0, 0.1) is 0 Å². The molecule has 0 fully saturated rings. The van der Waals surface area contributed by atoms with Crippen molar-refractivity contribution in [1.82, 2.24) is 0 Å². The number of carbonyl (C=O) groups is 4. The van der Waals surface area contributed by atoms with Gasteiger partial charge in [-0.05, 0) is 52.3 Å². The second-order valence-corrected chi connectivity index (χ2v) is 5.90. The van der Waals surface area contributed by atoms with Gasteiger partial charge in [0.05, 0.1) is 22.3 Å². The van der Waals surface area contributed by atoms with Crippen molar-refractivity contribution >= 4 is 51.4 Å². The van der Waals surface area contributed by atoms with Crippen LogP contribution in [-0.2, 0) is 0 Å². The summed E-state index contributed by atoms with van der Waals surface area (Å²) in [6.07, 6.45) is 0. The summed E-state index contributed by atoms with van der Waals surface area (Å²) >= 11 is 8.48. The van der Waals surface area contributed by atoms with E-state index in [1.165, 1.54) is 24.3 Å². The van der Waals surface area contributed by atoms with Crippen LogP contribution in [0.3, 0.4) is 0 Å². The highest BCUT2D eigenvalue weighted by Crippen LogP contribution is 2.18. The lowest BCUT2D eigenvalue weighted by atomic mass is 10.1. The Morgan fingerprint density at radius 1 is 0.692 bits per heavy atom. The lowest BCUT2D eigenvalue weighted by Crippen LogP contribution is -2.07. The van der Waals surface area contributed by atoms with E-state index in [9.17, 15) is 19.2 Å². The van der Waals surface area contributed by atoms with Gasteiger partial charge in [0.25, 0.3) is 0 Å². The first-order valence-electron chi connectivity index (χ1n) is 6.56. The predicted octanol–water partition coefficient (Wildman–Crippen LogP) is 3.58. The van der Waals surface area contributed by atoms with Crippen LogP contribution in [0.4, 0.5) is 0 Å². The SMILES string of the molecule is O=C(O)c1ccc(C(=O)O)c(Br)c1.O=C(O)c1ccc(Cl)cc1C(=O)O. The van der Waals surface area contributed by atoms with Crippen molar-refractivity contribution in [3.8, 4) is 0 Å². The summed E-state index contributed by atoms with van der Waals surface area (Å²) in [6, 6.07) is 7.34. The van der Waals surface area contributed by atoms with E-state index in [-0.39, 0.29) is 31.7 Å².